The van der Waals surface area contributed by atoms with E-state index in [4.69, 9.17) is 0 Å². The van der Waals surface area contributed by atoms with Gasteiger partial charge in [-0.25, -0.2) is 0 Å². The summed E-state index contributed by atoms with van der Waals surface area (Å²) in [4.78, 5) is 3.65. The number of benzene rings is 1. The van der Waals surface area contributed by atoms with E-state index in [1.807, 2.05) is 12.1 Å². The molecular formula is C20H27N2O2+. The predicted octanol–water partition coefficient (Wildman–Crippen LogP) is 3.27. The zero-order valence-corrected chi connectivity index (χ0v) is 14.5. The maximum absolute atomic E-state index is 9.86. The van der Waals surface area contributed by atoms with Crippen LogP contribution in [0, 0.1) is 5.92 Å². The van der Waals surface area contributed by atoms with Gasteiger partial charge in [-0.15, -0.1) is 0 Å². The van der Waals surface area contributed by atoms with Gasteiger partial charge in [-0.2, -0.15) is 0 Å². The van der Waals surface area contributed by atoms with Crippen LogP contribution in [-0.4, -0.2) is 46.4 Å². The van der Waals surface area contributed by atoms with Crippen molar-refractivity contribution in [2.75, 3.05) is 26.7 Å². The maximum atomic E-state index is 9.86. The molecule has 3 heterocycles. The van der Waals surface area contributed by atoms with E-state index in [2.05, 4.69) is 25.0 Å². The number of aromatic amines is 1. The van der Waals surface area contributed by atoms with Crippen molar-refractivity contribution >= 4 is 10.9 Å². The van der Waals surface area contributed by atoms with E-state index in [0.29, 0.717) is 17.7 Å². The molecule has 1 unspecified atom stereocenters. The smallest absolute Gasteiger partial charge is 0.131 e. The summed E-state index contributed by atoms with van der Waals surface area (Å²) in [6.07, 6.45) is 5.25. The molecule has 2 aliphatic heterocycles. The van der Waals surface area contributed by atoms with Crippen LogP contribution in [-0.2, 0) is 6.42 Å². The van der Waals surface area contributed by atoms with Gasteiger partial charge in [0.2, 0.25) is 0 Å². The number of likely N-dealkylation sites (N-methyl/N-ethyl adjacent to an activating group) is 1. The number of hydrogen-bond donors (Lipinski definition) is 3. The molecule has 1 aromatic heterocycles. The fraction of sp³-hybridized carbons (Fsp3) is 0.500. The van der Waals surface area contributed by atoms with E-state index >= 15 is 0 Å². The van der Waals surface area contributed by atoms with Crippen LogP contribution in [0.3, 0.4) is 0 Å². The van der Waals surface area contributed by atoms with Crippen molar-refractivity contribution in [2.45, 2.75) is 32.2 Å². The minimum Gasteiger partial charge on any atom is -0.508 e. The molecule has 1 saturated heterocycles. The Morgan fingerprint density at radius 2 is 2.21 bits per heavy atom. The SMILES string of the molecule is C/C=C1\C[N+]2(C)CCc3c([nH]c4ccc(O)cc34)[C@@H]2C[C@@H]1CCO. The molecule has 0 spiro atoms. The van der Waals surface area contributed by atoms with Crippen molar-refractivity contribution in [3.8, 4) is 5.75 Å². The molecule has 128 valence electrons. The Labute approximate surface area is 143 Å². The van der Waals surface area contributed by atoms with Gasteiger partial charge in [-0.1, -0.05) is 6.08 Å². The fourth-order valence-corrected chi connectivity index (χ4v) is 4.96. The summed E-state index contributed by atoms with van der Waals surface area (Å²) < 4.78 is 1.05. The normalized spacial score (nSPS) is 31.2. The summed E-state index contributed by atoms with van der Waals surface area (Å²) in [5.41, 5.74) is 5.36. The van der Waals surface area contributed by atoms with E-state index < -0.39 is 0 Å². The molecule has 3 atom stereocenters. The van der Waals surface area contributed by atoms with E-state index in [0.717, 1.165) is 42.4 Å². The van der Waals surface area contributed by atoms with Gasteiger partial charge >= 0.3 is 0 Å². The van der Waals surface area contributed by atoms with E-state index in [1.54, 1.807) is 6.07 Å². The van der Waals surface area contributed by atoms with Crippen molar-refractivity contribution in [3.63, 3.8) is 0 Å². The predicted molar refractivity (Wildman–Crippen MR) is 95.9 cm³/mol. The van der Waals surface area contributed by atoms with Gasteiger partial charge in [0.05, 0.1) is 19.3 Å². The highest BCUT2D eigenvalue weighted by atomic mass is 16.3. The maximum Gasteiger partial charge on any atom is 0.131 e. The third kappa shape index (κ3) is 2.28. The second-order valence-electron chi connectivity index (χ2n) is 7.68. The lowest BCUT2D eigenvalue weighted by atomic mass is 9.78. The summed E-state index contributed by atoms with van der Waals surface area (Å²) in [7, 11) is 2.37. The first-order valence-electron chi connectivity index (χ1n) is 8.99. The quantitative estimate of drug-likeness (QED) is 0.586. The molecular weight excluding hydrogens is 300 g/mol. The number of aromatic nitrogens is 1. The molecule has 2 aliphatic rings. The average molecular weight is 327 g/mol. The van der Waals surface area contributed by atoms with Crippen LogP contribution in [0.15, 0.2) is 29.8 Å². The Morgan fingerprint density at radius 1 is 1.38 bits per heavy atom. The summed E-state index contributed by atoms with van der Waals surface area (Å²) in [5, 5.41) is 20.5. The lowest BCUT2D eigenvalue weighted by Crippen LogP contribution is -2.56. The number of fused-ring (bicyclic) bond motifs is 5. The van der Waals surface area contributed by atoms with Gasteiger partial charge in [-0.05, 0) is 48.6 Å². The number of nitrogens with zero attached hydrogens (tertiary/aromatic N) is 1. The average Bonchev–Trinajstić information content (AvgIpc) is 2.93. The molecule has 1 aromatic carbocycles. The first-order valence-corrected chi connectivity index (χ1v) is 8.99. The van der Waals surface area contributed by atoms with Gasteiger partial charge in [0.15, 0.2) is 0 Å². The van der Waals surface area contributed by atoms with Crippen molar-refractivity contribution in [1.29, 1.82) is 0 Å². The fourth-order valence-electron chi connectivity index (χ4n) is 4.96. The number of allylic oxidation sites excluding steroid dienone is 1. The van der Waals surface area contributed by atoms with Crippen molar-refractivity contribution in [3.05, 3.63) is 41.1 Å². The Bertz CT molecular complexity index is 807. The van der Waals surface area contributed by atoms with Gasteiger partial charge < -0.3 is 19.7 Å². The first-order chi connectivity index (χ1) is 11.6. The Balaban J connectivity index is 1.80. The molecule has 0 saturated carbocycles. The van der Waals surface area contributed by atoms with Crippen LogP contribution in [0.5, 0.6) is 5.75 Å². The second kappa shape index (κ2) is 5.64. The monoisotopic (exact) mass is 327 g/mol. The van der Waals surface area contributed by atoms with Crippen LogP contribution >= 0.6 is 0 Å². The molecule has 0 amide bonds. The molecule has 0 bridgehead atoms. The number of phenols is 1. The molecule has 0 aliphatic carbocycles. The van der Waals surface area contributed by atoms with Gasteiger partial charge in [0, 0.05) is 30.4 Å². The highest BCUT2D eigenvalue weighted by molar-refractivity contribution is 5.86. The van der Waals surface area contributed by atoms with Gasteiger partial charge in [-0.3, -0.25) is 0 Å². The number of hydrogen-bond acceptors (Lipinski definition) is 2. The van der Waals surface area contributed by atoms with Gasteiger partial charge in [0.1, 0.15) is 18.3 Å². The zero-order valence-electron chi connectivity index (χ0n) is 14.5. The summed E-state index contributed by atoms with van der Waals surface area (Å²) >= 11 is 0. The zero-order chi connectivity index (χ0) is 16.9. The molecule has 3 N–H and O–H groups in total. The van der Waals surface area contributed by atoms with Crippen molar-refractivity contribution < 1.29 is 14.7 Å². The van der Waals surface area contributed by atoms with Crippen LogP contribution in [0.2, 0.25) is 0 Å². The van der Waals surface area contributed by atoms with Crippen LogP contribution in [0.1, 0.15) is 37.1 Å². The standard InChI is InChI=1S/C20H26N2O2/c1-3-13-12-22(2)8-6-16-17-11-15(24)4-5-18(17)21-20(16)19(22)10-14(13)7-9-23/h3-5,11,14,19,21,23H,6-10,12H2,1-2H3/p+1/b13-3+/t14-,19-,22?/m0/s1. The summed E-state index contributed by atoms with van der Waals surface area (Å²) in [6.45, 7) is 4.59. The number of piperidine rings is 1. The van der Waals surface area contributed by atoms with Crippen molar-refractivity contribution in [1.82, 2.24) is 4.98 Å². The third-order valence-corrected chi connectivity index (χ3v) is 6.31. The van der Waals surface area contributed by atoms with E-state index in [-0.39, 0.29) is 6.61 Å². The number of phenolic OH excluding ortho intramolecular Hbond substituents is 1. The Morgan fingerprint density at radius 3 is 2.96 bits per heavy atom. The lowest BCUT2D eigenvalue weighted by Gasteiger charge is -2.50. The van der Waals surface area contributed by atoms with Crippen LogP contribution < -0.4 is 0 Å². The first kappa shape index (κ1) is 15.7. The van der Waals surface area contributed by atoms with E-state index in [9.17, 15) is 10.2 Å². The molecule has 4 heteroatoms. The Kier molecular flexibility index (Phi) is 3.70. The van der Waals surface area contributed by atoms with Gasteiger partial charge in [0.25, 0.3) is 0 Å². The number of aliphatic hydroxyl groups excluding tert-OH is 1. The Hall–Kier alpha value is -1.78. The minimum atomic E-state index is 0.256. The molecule has 24 heavy (non-hydrogen) atoms. The van der Waals surface area contributed by atoms with Crippen molar-refractivity contribution in [2.24, 2.45) is 5.92 Å². The van der Waals surface area contributed by atoms with Crippen LogP contribution in [0.4, 0.5) is 0 Å². The van der Waals surface area contributed by atoms with E-state index in [1.165, 1.54) is 22.2 Å². The molecule has 1 fully saturated rings. The molecule has 0 radical (unpaired) electrons. The summed E-state index contributed by atoms with van der Waals surface area (Å²) in [5.74, 6) is 0.812. The minimum absolute atomic E-state index is 0.256. The topological polar surface area (TPSA) is 56.2 Å². The molecule has 2 aromatic rings. The molecule has 4 rings (SSSR count). The third-order valence-electron chi connectivity index (χ3n) is 6.31. The lowest BCUT2D eigenvalue weighted by molar-refractivity contribution is -0.942. The molecule has 4 nitrogen and oxygen atoms in total. The number of rotatable bonds is 2. The number of quaternary nitrogens is 1. The number of H-pyrrole nitrogens is 1. The number of aromatic hydroxyl groups is 1. The highest BCUT2D eigenvalue weighted by Gasteiger charge is 2.46. The number of nitrogens with one attached hydrogen (secondary N) is 1. The van der Waals surface area contributed by atoms with Crippen LogP contribution in [0.25, 0.3) is 10.9 Å². The largest absolute Gasteiger partial charge is 0.508 e. The second-order valence-corrected chi connectivity index (χ2v) is 7.68. The number of aliphatic hydroxyl groups is 1. The highest BCUT2D eigenvalue weighted by Crippen LogP contribution is 2.47. The summed E-state index contributed by atoms with van der Waals surface area (Å²) in [6, 6.07) is 6.08.